The molecule has 26 rings (SSSR count). The van der Waals surface area contributed by atoms with Crippen molar-refractivity contribution in [2.75, 3.05) is 0 Å². The van der Waals surface area contributed by atoms with Gasteiger partial charge in [0.05, 0.1) is 93.6 Å². The van der Waals surface area contributed by atoms with Gasteiger partial charge in [-0.2, -0.15) is 10.5 Å². The van der Waals surface area contributed by atoms with Gasteiger partial charge >= 0.3 is 0 Å². The van der Waals surface area contributed by atoms with Crippen LogP contribution < -0.4 is 0 Å². The number of nitriles is 2. The van der Waals surface area contributed by atoms with E-state index in [9.17, 15) is 10.5 Å². The standard InChI is InChI=1S/C114H67N11S/c1-68-26-8-9-31-77(68)74-50-56-85-87-57-58-88-86-39-17-25-47-105(86)126-111(88)110(87)125(104(85)64-74)109-93(67-116)107(122-96-42-20-10-32-78(96)79-33-11-21-43-97(79)122)106(92(66-115)108(109)123-98-44-22-12-34-80(98)81-35-13-23-45-99(81)123)124-100-46-24-16-37-83(100)90-63-73(52-60-103(90)124)72-51-59-101-89(62-72)82-36-14-19-41-95(82)121(101)76-55-61-102-91(65-76)84-38-15-18-40-94(84)120(102)75-53-48-71(49-54-75)114-118-112(69-27-4-2-5-28-69)117-113(119-114)70-29-6-3-7-30-70/h2-65H,1H3. The zero-order chi connectivity index (χ0) is 83.1. The van der Waals surface area contributed by atoms with E-state index in [1.165, 1.54) is 0 Å². The molecular formula is C114H67N11S. The van der Waals surface area contributed by atoms with E-state index in [-0.39, 0.29) is 0 Å². The van der Waals surface area contributed by atoms with Crippen LogP contribution in [0, 0.1) is 29.6 Å². The minimum Gasteiger partial charge on any atom is -0.309 e. The van der Waals surface area contributed by atoms with Gasteiger partial charge in [-0.3, -0.25) is 0 Å². The van der Waals surface area contributed by atoms with Gasteiger partial charge in [0.25, 0.3) is 0 Å². The first-order chi connectivity index (χ1) is 62.4. The Morgan fingerprint density at radius 2 is 0.556 bits per heavy atom. The molecule has 0 amide bonds. The molecule has 126 heavy (non-hydrogen) atoms. The van der Waals surface area contributed by atoms with Crippen LogP contribution in [0.4, 0.5) is 0 Å². The second-order valence-corrected chi connectivity index (χ2v) is 33.8. The maximum absolute atomic E-state index is 13.4. The second kappa shape index (κ2) is 27.5. The van der Waals surface area contributed by atoms with Crippen molar-refractivity contribution < 1.29 is 0 Å². The average Bonchev–Trinajstić information content (AvgIpc) is 1.50. The third kappa shape index (κ3) is 10.3. The lowest BCUT2D eigenvalue weighted by atomic mass is 9.98. The molecule has 0 aliphatic carbocycles. The van der Waals surface area contributed by atoms with E-state index in [0.717, 1.165) is 207 Å². The third-order valence-electron chi connectivity index (χ3n) is 26.1. The van der Waals surface area contributed by atoms with E-state index < -0.39 is 0 Å². The Labute approximate surface area is 724 Å². The van der Waals surface area contributed by atoms with Gasteiger partial charge in [-0.25, -0.2) is 15.0 Å². The predicted octanol–water partition coefficient (Wildman–Crippen LogP) is 29.2. The Morgan fingerprint density at radius 1 is 0.230 bits per heavy atom. The molecule has 0 aliphatic heterocycles. The molecule has 0 saturated heterocycles. The van der Waals surface area contributed by atoms with Crippen LogP contribution in [0.25, 0.3) is 242 Å². The van der Waals surface area contributed by atoms with Gasteiger partial charge in [-0.05, 0) is 156 Å². The molecule has 8 heterocycles. The molecule has 8 aromatic heterocycles. The monoisotopic (exact) mass is 1620 g/mol. The number of aromatic nitrogens is 9. The highest BCUT2D eigenvalue weighted by molar-refractivity contribution is 7.26. The second-order valence-electron chi connectivity index (χ2n) is 32.7. The first-order valence-corrected chi connectivity index (χ1v) is 43.2. The van der Waals surface area contributed by atoms with Crippen LogP contribution in [-0.2, 0) is 0 Å². The van der Waals surface area contributed by atoms with Gasteiger partial charge in [0.1, 0.15) is 23.3 Å². The van der Waals surface area contributed by atoms with Crippen LogP contribution in [0.2, 0.25) is 0 Å². The van der Waals surface area contributed by atoms with Crippen LogP contribution in [0.3, 0.4) is 0 Å². The normalized spacial score (nSPS) is 12.0. The van der Waals surface area contributed by atoms with E-state index in [1.54, 1.807) is 11.3 Å². The fourth-order valence-electron chi connectivity index (χ4n) is 20.6. The Morgan fingerprint density at radius 3 is 1.03 bits per heavy atom. The molecule has 0 aliphatic rings. The lowest BCUT2D eigenvalue weighted by molar-refractivity contribution is 1.03. The predicted molar refractivity (Wildman–Crippen MR) is 520 cm³/mol. The van der Waals surface area contributed by atoms with Crippen molar-refractivity contribution in [3.05, 3.63) is 405 Å². The highest BCUT2D eigenvalue weighted by Gasteiger charge is 2.36. The fraction of sp³-hybridized carbons (Fsp3) is 0.00877. The number of rotatable bonds is 11. The Hall–Kier alpha value is -17.0. The van der Waals surface area contributed by atoms with E-state index in [1.807, 2.05) is 60.7 Å². The van der Waals surface area contributed by atoms with Crippen molar-refractivity contribution in [2.45, 2.75) is 6.92 Å². The summed E-state index contributed by atoms with van der Waals surface area (Å²) < 4.78 is 16.3. The maximum Gasteiger partial charge on any atom is 0.164 e. The molecule has 0 N–H and O–H groups in total. The van der Waals surface area contributed by atoms with Crippen molar-refractivity contribution in [3.63, 3.8) is 0 Å². The number of hydrogen-bond donors (Lipinski definition) is 0. The van der Waals surface area contributed by atoms with Gasteiger partial charge in [-0.1, -0.05) is 267 Å². The SMILES string of the molecule is Cc1ccccc1-c1ccc2c3ccc4c5ccccc5sc4c3n(-c3c(C#N)c(-n4c5ccccc5c5ccccc54)c(-n4c5ccccc5c5cc(-c6ccc7c(c6)c6ccccc6n7-c6ccc7c(c6)c6ccccc6n7-c6ccc(-c7nc(-c8ccccc8)nc(-c8ccccc8)n7)cc6)ccc54)c(C#N)c3-n3c4ccccc4c4ccccc43)c2c1. The van der Waals surface area contributed by atoms with Crippen LogP contribution in [0.15, 0.2) is 388 Å². The molecule has 26 aromatic rings. The Balaban J connectivity index is 0.689. The summed E-state index contributed by atoms with van der Waals surface area (Å²) in [6.07, 6.45) is 0. The quantitative estimate of drug-likeness (QED) is 0.128. The smallest absolute Gasteiger partial charge is 0.164 e. The average molecular weight is 1620 g/mol. The molecule has 0 saturated carbocycles. The molecule has 0 bridgehead atoms. The third-order valence-corrected chi connectivity index (χ3v) is 27.3. The summed E-state index contributed by atoms with van der Waals surface area (Å²) in [4.78, 5) is 15.1. The van der Waals surface area contributed by atoms with Crippen LogP contribution >= 0.6 is 11.3 Å². The highest BCUT2D eigenvalue weighted by atomic mass is 32.1. The first kappa shape index (κ1) is 70.8. The summed E-state index contributed by atoms with van der Waals surface area (Å²) in [5.41, 5.74) is 24.9. The van der Waals surface area contributed by atoms with Crippen molar-refractivity contribution in [1.82, 2.24) is 42.4 Å². The summed E-state index contributed by atoms with van der Waals surface area (Å²) in [5.74, 6) is 1.84. The van der Waals surface area contributed by atoms with Crippen LogP contribution in [-0.4, -0.2) is 42.4 Å². The maximum atomic E-state index is 13.4. The molecule has 0 atom stereocenters. The molecule has 0 unspecified atom stereocenters. The summed E-state index contributed by atoms with van der Waals surface area (Å²) in [6.45, 7) is 2.17. The summed E-state index contributed by atoms with van der Waals surface area (Å²) in [7, 11) is 0. The van der Waals surface area contributed by atoms with Crippen LogP contribution in [0.5, 0.6) is 0 Å². The van der Waals surface area contributed by atoms with Gasteiger partial charge in [0, 0.05) is 108 Å². The molecule has 0 fully saturated rings. The minimum atomic E-state index is 0.388. The summed E-state index contributed by atoms with van der Waals surface area (Å²) in [5, 5.41) is 41.8. The van der Waals surface area contributed by atoms with Gasteiger partial charge < -0.3 is 27.4 Å². The summed E-state index contributed by atoms with van der Waals surface area (Å²) >= 11 is 1.77. The number of para-hydroxylation sites is 7. The number of thiophene rings is 1. The lowest BCUT2D eigenvalue weighted by Gasteiger charge is -2.27. The van der Waals surface area contributed by atoms with Crippen molar-refractivity contribution in [3.8, 4) is 103 Å². The topological polar surface area (TPSA) is 116 Å². The molecule has 0 radical (unpaired) electrons. The molecule has 18 aromatic carbocycles. The lowest BCUT2D eigenvalue weighted by Crippen LogP contribution is -2.16. The van der Waals surface area contributed by atoms with Crippen molar-refractivity contribution in [2.24, 2.45) is 0 Å². The zero-order valence-corrected chi connectivity index (χ0v) is 68.6. The van der Waals surface area contributed by atoms with Crippen molar-refractivity contribution in [1.29, 1.82) is 10.5 Å². The largest absolute Gasteiger partial charge is 0.309 e. The number of hydrogen-bond acceptors (Lipinski definition) is 6. The molecule has 584 valence electrons. The Kier molecular flexibility index (Phi) is 15.4. The number of fused-ring (bicyclic) bond motifs is 22. The Bertz CT molecular complexity index is 9110. The van der Waals surface area contributed by atoms with E-state index in [2.05, 4.69) is 374 Å². The van der Waals surface area contributed by atoms with E-state index >= 15 is 0 Å². The van der Waals surface area contributed by atoms with Gasteiger partial charge in [-0.15, -0.1) is 11.3 Å². The van der Waals surface area contributed by atoms with E-state index in [4.69, 9.17) is 15.0 Å². The molecule has 11 nitrogen and oxygen atoms in total. The minimum absolute atomic E-state index is 0.388. The number of aryl methyl sites for hydroxylation is 1. The number of nitrogens with zero attached hydrogens (tertiary/aromatic N) is 11. The number of benzene rings is 18. The van der Waals surface area contributed by atoms with E-state index in [0.29, 0.717) is 51.3 Å². The highest BCUT2D eigenvalue weighted by Crippen LogP contribution is 2.53. The molecule has 12 heteroatoms. The zero-order valence-electron chi connectivity index (χ0n) is 67.8. The summed E-state index contributed by atoms with van der Waals surface area (Å²) in [6, 6.07) is 144. The van der Waals surface area contributed by atoms with Crippen molar-refractivity contribution >= 4 is 162 Å². The molecular weight excluding hydrogens is 1560 g/mol. The van der Waals surface area contributed by atoms with Gasteiger partial charge in [0.2, 0.25) is 0 Å². The van der Waals surface area contributed by atoms with Crippen LogP contribution in [0.1, 0.15) is 16.7 Å². The first-order valence-electron chi connectivity index (χ1n) is 42.4. The van der Waals surface area contributed by atoms with Gasteiger partial charge in [0.15, 0.2) is 17.5 Å². The molecule has 0 spiro atoms. The fourth-order valence-corrected chi connectivity index (χ4v) is 21.8.